The van der Waals surface area contributed by atoms with Gasteiger partial charge in [0.2, 0.25) is 0 Å². The molecule has 0 fully saturated rings. The highest BCUT2D eigenvalue weighted by molar-refractivity contribution is 6.10. The molecule has 3 aromatic carbocycles. The number of carbonyl (C=O) groups is 2. The number of carbonyl (C=O) groups excluding carboxylic acids is 2. The SMILES string of the molecule is Cc1ccc(Cc2ccc(NC(=O)c3ccccc3)c3c2CNC3=O)cc1. The summed E-state index contributed by atoms with van der Waals surface area (Å²) in [6.07, 6.45) is 0.754. The van der Waals surface area contributed by atoms with E-state index in [4.69, 9.17) is 0 Å². The van der Waals surface area contributed by atoms with Gasteiger partial charge in [0, 0.05) is 12.1 Å². The van der Waals surface area contributed by atoms with Crippen LogP contribution in [0.5, 0.6) is 0 Å². The number of anilines is 1. The monoisotopic (exact) mass is 356 g/mol. The molecule has 27 heavy (non-hydrogen) atoms. The summed E-state index contributed by atoms with van der Waals surface area (Å²) in [6.45, 7) is 2.55. The predicted molar refractivity (Wildman–Crippen MR) is 106 cm³/mol. The molecule has 0 unspecified atom stereocenters. The van der Waals surface area contributed by atoms with Crippen molar-refractivity contribution in [2.45, 2.75) is 19.9 Å². The summed E-state index contributed by atoms with van der Waals surface area (Å²) in [5.74, 6) is -0.358. The van der Waals surface area contributed by atoms with Crippen LogP contribution < -0.4 is 10.6 Å². The number of amides is 2. The lowest BCUT2D eigenvalue weighted by Crippen LogP contribution is -2.17. The Morgan fingerprint density at radius 1 is 1.00 bits per heavy atom. The van der Waals surface area contributed by atoms with Crippen LogP contribution in [-0.4, -0.2) is 11.8 Å². The van der Waals surface area contributed by atoms with E-state index in [9.17, 15) is 9.59 Å². The van der Waals surface area contributed by atoms with Gasteiger partial charge in [0.05, 0.1) is 11.3 Å². The Labute approximate surface area is 158 Å². The van der Waals surface area contributed by atoms with Gasteiger partial charge in [0.25, 0.3) is 11.8 Å². The fourth-order valence-electron chi connectivity index (χ4n) is 3.39. The minimum Gasteiger partial charge on any atom is -0.348 e. The van der Waals surface area contributed by atoms with Crippen molar-refractivity contribution in [3.05, 3.63) is 100 Å². The molecule has 2 amide bonds. The largest absolute Gasteiger partial charge is 0.348 e. The summed E-state index contributed by atoms with van der Waals surface area (Å²) < 4.78 is 0. The summed E-state index contributed by atoms with van der Waals surface area (Å²) in [7, 11) is 0. The molecule has 0 saturated heterocycles. The zero-order chi connectivity index (χ0) is 18.8. The van der Waals surface area contributed by atoms with E-state index in [1.165, 1.54) is 11.1 Å². The molecule has 4 heteroatoms. The minimum absolute atomic E-state index is 0.140. The quantitative estimate of drug-likeness (QED) is 0.740. The lowest BCUT2D eigenvalue weighted by atomic mass is 9.95. The molecule has 1 heterocycles. The first-order valence-corrected chi connectivity index (χ1v) is 8.97. The molecule has 4 rings (SSSR count). The Bertz CT molecular complexity index is 1010. The van der Waals surface area contributed by atoms with E-state index in [1.807, 2.05) is 30.3 Å². The Hall–Kier alpha value is -3.40. The second-order valence-corrected chi connectivity index (χ2v) is 6.79. The minimum atomic E-state index is -0.219. The van der Waals surface area contributed by atoms with E-state index in [0.717, 1.165) is 17.5 Å². The molecule has 0 radical (unpaired) electrons. The maximum atomic E-state index is 12.5. The van der Waals surface area contributed by atoms with Crippen molar-refractivity contribution in [2.24, 2.45) is 0 Å². The highest BCUT2D eigenvalue weighted by Crippen LogP contribution is 2.29. The van der Waals surface area contributed by atoms with E-state index in [2.05, 4.69) is 41.8 Å². The van der Waals surface area contributed by atoms with Crippen molar-refractivity contribution in [2.75, 3.05) is 5.32 Å². The molecule has 4 nitrogen and oxygen atoms in total. The molecule has 0 spiro atoms. The molecule has 0 atom stereocenters. The number of aryl methyl sites for hydroxylation is 1. The van der Waals surface area contributed by atoms with E-state index >= 15 is 0 Å². The Balaban J connectivity index is 1.65. The normalized spacial score (nSPS) is 12.4. The third-order valence-electron chi connectivity index (χ3n) is 4.86. The number of hydrogen-bond donors (Lipinski definition) is 2. The topological polar surface area (TPSA) is 58.2 Å². The first kappa shape index (κ1) is 17.0. The molecule has 134 valence electrons. The molecule has 2 N–H and O–H groups in total. The van der Waals surface area contributed by atoms with Crippen molar-refractivity contribution in [1.82, 2.24) is 5.32 Å². The number of benzene rings is 3. The fourth-order valence-corrected chi connectivity index (χ4v) is 3.39. The van der Waals surface area contributed by atoms with E-state index < -0.39 is 0 Å². The van der Waals surface area contributed by atoms with Gasteiger partial charge in [-0.25, -0.2) is 0 Å². The van der Waals surface area contributed by atoms with E-state index in [0.29, 0.717) is 23.4 Å². The zero-order valence-corrected chi connectivity index (χ0v) is 15.1. The Morgan fingerprint density at radius 3 is 2.48 bits per heavy atom. The Kier molecular flexibility index (Phi) is 4.47. The van der Waals surface area contributed by atoms with Crippen LogP contribution in [0.25, 0.3) is 0 Å². The molecule has 0 aliphatic carbocycles. The third kappa shape index (κ3) is 3.47. The first-order chi connectivity index (χ1) is 13.1. The molecule has 3 aromatic rings. The van der Waals surface area contributed by atoms with Gasteiger partial charge in [-0.3, -0.25) is 9.59 Å². The molecule has 0 bridgehead atoms. The van der Waals surface area contributed by atoms with Crippen LogP contribution in [0.3, 0.4) is 0 Å². The number of fused-ring (bicyclic) bond motifs is 1. The zero-order valence-electron chi connectivity index (χ0n) is 15.1. The molecular formula is C23H20N2O2. The second kappa shape index (κ2) is 7.08. The van der Waals surface area contributed by atoms with Crippen LogP contribution in [0.4, 0.5) is 5.69 Å². The highest BCUT2D eigenvalue weighted by Gasteiger charge is 2.26. The van der Waals surface area contributed by atoms with Gasteiger partial charge in [-0.05, 0) is 48.2 Å². The van der Waals surface area contributed by atoms with Gasteiger partial charge >= 0.3 is 0 Å². The maximum Gasteiger partial charge on any atom is 0.255 e. The molecule has 0 aromatic heterocycles. The number of rotatable bonds is 4. The highest BCUT2D eigenvalue weighted by atomic mass is 16.2. The summed E-state index contributed by atoms with van der Waals surface area (Å²) in [4.78, 5) is 24.9. The third-order valence-corrected chi connectivity index (χ3v) is 4.86. The number of nitrogens with one attached hydrogen (secondary N) is 2. The second-order valence-electron chi connectivity index (χ2n) is 6.79. The van der Waals surface area contributed by atoms with Crippen LogP contribution in [0.2, 0.25) is 0 Å². The fraction of sp³-hybridized carbons (Fsp3) is 0.130. The van der Waals surface area contributed by atoms with Crippen molar-refractivity contribution >= 4 is 17.5 Å². The van der Waals surface area contributed by atoms with Crippen LogP contribution in [0, 0.1) is 6.92 Å². The van der Waals surface area contributed by atoms with Crippen LogP contribution in [-0.2, 0) is 13.0 Å². The van der Waals surface area contributed by atoms with Gasteiger partial charge in [-0.1, -0.05) is 54.1 Å². The van der Waals surface area contributed by atoms with Crippen molar-refractivity contribution in [3.8, 4) is 0 Å². The Morgan fingerprint density at radius 2 is 1.74 bits per heavy atom. The smallest absolute Gasteiger partial charge is 0.255 e. The van der Waals surface area contributed by atoms with Crippen molar-refractivity contribution in [1.29, 1.82) is 0 Å². The van der Waals surface area contributed by atoms with E-state index in [-0.39, 0.29) is 11.8 Å². The molecule has 1 aliphatic rings. The summed E-state index contributed by atoms with van der Waals surface area (Å²) >= 11 is 0. The van der Waals surface area contributed by atoms with Gasteiger partial charge in [0.1, 0.15) is 0 Å². The summed E-state index contributed by atoms with van der Waals surface area (Å²) in [6, 6.07) is 21.2. The molecule has 0 saturated carbocycles. The first-order valence-electron chi connectivity index (χ1n) is 8.97. The number of hydrogen-bond acceptors (Lipinski definition) is 2. The summed E-state index contributed by atoms with van der Waals surface area (Å²) in [5.41, 5.74) is 6.18. The van der Waals surface area contributed by atoms with Crippen molar-refractivity contribution < 1.29 is 9.59 Å². The van der Waals surface area contributed by atoms with Gasteiger partial charge < -0.3 is 10.6 Å². The molecular weight excluding hydrogens is 336 g/mol. The lowest BCUT2D eigenvalue weighted by molar-refractivity contribution is 0.0966. The average Bonchev–Trinajstić information content (AvgIpc) is 3.08. The van der Waals surface area contributed by atoms with Gasteiger partial charge in [0.15, 0.2) is 0 Å². The molecule has 1 aliphatic heterocycles. The van der Waals surface area contributed by atoms with E-state index in [1.54, 1.807) is 12.1 Å². The lowest BCUT2D eigenvalue weighted by Gasteiger charge is -2.13. The van der Waals surface area contributed by atoms with Crippen LogP contribution >= 0.6 is 0 Å². The van der Waals surface area contributed by atoms with Gasteiger partial charge in [-0.2, -0.15) is 0 Å². The predicted octanol–water partition coefficient (Wildman–Crippen LogP) is 4.08. The van der Waals surface area contributed by atoms with Crippen LogP contribution in [0.1, 0.15) is 43.0 Å². The average molecular weight is 356 g/mol. The van der Waals surface area contributed by atoms with Crippen molar-refractivity contribution in [3.63, 3.8) is 0 Å². The summed E-state index contributed by atoms with van der Waals surface area (Å²) in [5, 5.41) is 5.77. The van der Waals surface area contributed by atoms with Gasteiger partial charge in [-0.15, -0.1) is 0 Å². The standard InChI is InChI=1S/C23H20N2O2/c1-15-7-9-16(10-8-15)13-18-11-12-20(21-19(18)14-24-23(21)27)25-22(26)17-5-3-2-4-6-17/h2-12H,13-14H2,1H3,(H,24,27)(H,25,26). The van der Waals surface area contributed by atoms with Crippen LogP contribution in [0.15, 0.2) is 66.7 Å². The maximum absolute atomic E-state index is 12.5.